The first-order valence-corrected chi connectivity index (χ1v) is 4.57. The third-order valence-corrected chi connectivity index (χ3v) is 2.14. The first kappa shape index (κ1) is 10.6. The van der Waals surface area contributed by atoms with E-state index in [0.29, 0.717) is 0 Å². The summed E-state index contributed by atoms with van der Waals surface area (Å²) >= 11 is 0. The molecule has 0 bridgehead atoms. The highest BCUT2D eigenvalue weighted by molar-refractivity contribution is 5.26. The van der Waals surface area contributed by atoms with Crippen LogP contribution in [0.2, 0.25) is 0 Å². The van der Waals surface area contributed by atoms with Crippen molar-refractivity contribution in [2.75, 3.05) is 0 Å². The smallest absolute Gasteiger partial charge is 0.132 e. The Labute approximate surface area is 90.4 Å². The number of aliphatic hydroxyl groups is 1. The Hall–Kier alpha value is -1.88. The highest BCUT2D eigenvalue weighted by Crippen LogP contribution is 2.22. The molecule has 1 atom stereocenters. The molecular formula is C11H8F2N2O. The van der Waals surface area contributed by atoms with Gasteiger partial charge in [-0.2, -0.15) is 0 Å². The lowest BCUT2D eigenvalue weighted by atomic mass is 10.1. The quantitative estimate of drug-likeness (QED) is 0.843. The van der Waals surface area contributed by atoms with Crippen molar-refractivity contribution in [3.63, 3.8) is 0 Å². The normalized spacial score (nSPS) is 12.4. The van der Waals surface area contributed by atoms with E-state index in [1.165, 1.54) is 24.7 Å². The maximum atomic E-state index is 13.3. The molecule has 0 aliphatic heterocycles. The van der Waals surface area contributed by atoms with Crippen molar-refractivity contribution in [3.05, 3.63) is 59.7 Å². The van der Waals surface area contributed by atoms with E-state index in [1.807, 2.05) is 0 Å². The Morgan fingerprint density at radius 3 is 2.62 bits per heavy atom. The van der Waals surface area contributed by atoms with Crippen LogP contribution in [0.25, 0.3) is 0 Å². The van der Waals surface area contributed by atoms with Crippen LogP contribution >= 0.6 is 0 Å². The monoisotopic (exact) mass is 222 g/mol. The molecule has 3 nitrogen and oxygen atoms in total. The molecule has 2 aromatic rings. The number of rotatable bonds is 2. The van der Waals surface area contributed by atoms with Crippen LogP contribution in [-0.4, -0.2) is 15.1 Å². The summed E-state index contributed by atoms with van der Waals surface area (Å²) in [7, 11) is 0. The SMILES string of the molecule is OC(c1ccncn1)c1ccc(F)cc1F. The second-order valence-electron chi connectivity index (χ2n) is 3.20. The summed E-state index contributed by atoms with van der Waals surface area (Å²) in [5.74, 6) is -1.48. The first-order chi connectivity index (χ1) is 7.68. The van der Waals surface area contributed by atoms with Gasteiger partial charge in [0.2, 0.25) is 0 Å². The van der Waals surface area contributed by atoms with Crippen molar-refractivity contribution in [3.8, 4) is 0 Å². The number of hydrogen-bond acceptors (Lipinski definition) is 3. The van der Waals surface area contributed by atoms with Gasteiger partial charge in [-0.1, -0.05) is 6.07 Å². The Bertz CT molecular complexity index is 491. The van der Waals surface area contributed by atoms with Crippen LogP contribution in [0.4, 0.5) is 8.78 Å². The first-order valence-electron chi connectivity index (χ1n) is 4.57. The van der Waals surface area contributed by atoms with Gasteiger partial charge < -0.3 is 5.11 Å². The van der Waals surface area contributed by atoms with Crippen molar-refractivity contribution in [2.45, 2.75) is 6.10 Å². The van der Waals surface area contributed by atoms with Crippen LogP contribution in [0.1, 0.15) is 17.4 Å². The van der Waals surface area contributed by atoms with Gasteiger partial charge in [0.15, 0.2) is 0 Å². The zero-order chi connectivity index (χ0) is 11.5. The number of halogens is 2. The fourth-order valence-corrected chi connectivity index (χ4v) is 1.35. The molecule has 0 fully saturated rings. The molecule has 16 heavy (non-hydrogen) atoms. The van der Waals surface area contributed by atoms with Crippen molar-refractivity contribution in [1.29, 1.82) is 0 Å². The van der Waals surface area contributed by atoms with Crippen LogP contribution in [0, 0.1) is 11.6 Å². The van der Waals surface area contributed by atoms with Crippen LogP contribution in [0.15, 0.2) is 36.8 Å². The molecule has 1 N–H and O–H groups in total. The Morgan fingerprint density at radius 1 is 1.19 bits per heavy atom. The maximum absolute atomic E-state index is 13.3. The average Bonchev–Trinajstić information content (AvgIpc) is 2.29. The van der Waals surface area contributed by atoms with Crippen molar-refractivity contribution in [1.82, 2.24) is 9.97 Å². The van der Waals surface area contributed by atoms with Gasteiger partial charge in [-0.3, -0.25) is 0 Å². The van der Waals surface area contributed by atoms with E-state index in [2.05, 4.69) is 9.97 Å². The zero-order valence-corrected chi connectivity index (χ0v) is 8.14. The summed E-state index contributed by atoms with van der Waals surface area (Å²) in [6.07, 6.45) is 1.47. The molecule has 0 radical (unpaired) electrons. The molecule has 1 aromatic carbocycles. The molecule has 0 aliphatic carbocycles. The van der Waals surface area contributed by atoms with Crippen LogP contribution < -0.4 is 0 Å². The third kappa shape index (κ3) is 2.04. The van der Waals surface area contributed by atoms with Gasteiger partial charge in [0, 0.05) is 17.8 Å². The lowest BCUT2D eigenvalue weighted by Gasteiger charge is -2.10. The van der Waals surface area contributed by atoms with E-state index < -0.39 is 17.7 Å². The second kappa shape index (κ2) is 4.32. The number of aromatic nitrogens is 2. The predicted molar refractivity (Wildman–Crippen MR) is 52.5 cm³/mol. The molecular weight excluding hydrogens is 214 g/mol. The number of nitrogens with zero attached hydrogens (tertiary/aromatic N) is 2. The van der Waals surface area contributed by atoms with E-state index in [-0.39, 0.29) is 11.3 Å². The van der Waals surface area contributed by atoms with Gasteiger partial charge >= 0.3 is 0 Å². The minimum atomic E-state index is -1.22. The third-order valence-electron chi connectivity index (χ3n) is 2.14. The summed E-state index contributed by atoms with van der Waals surface area (Å²) < 4.78 is 26.0. The van der Waals surface area contributed by atoms with Crippen LogP contribution in [-0.2, 0) is 0 Å². The summed E-state index contributed by atoms with van der Waals surface area (Å²) in [6, 6.07) is 4.47. The van der Waals surface area contributed by atoms with Crippen molar-refractivity contribution in [2.24, 2.45) is 0 Å². The average molecular weight is 222 g/mol. The minimum absolute atomic E-state index is 0.0138. The van der Waals surface area contributed by atoms with Gasteiger partial charge in [-0.25, -0.2) is 18.7 Å². The van der Waals surface area contributed by atoms with E-state index >= 15 is 0 Å². The lowest BCUT2D eigenvalue weighted by Crippen LogP contribution is -2.05. The van der Waals surface area contributed by atoms with E-state index in [4.69, 9.17) is 0 Å². The summed E-state index contributed by atoms with van der Waals surface area (Å²) in [5, 5.41) is 9.81. The maximum Gasteiger partial charge on any atom is 0.132 e. The molecule has 1 aromatic heterocycles. The van der Waals surface area contributed by atoms with Crippen molar-refractivity contribution < 1.29 is 13.9 Å². The molecule has 0 spiro atoms. The second-order valence-corrected chi connectivity index (χ2v) is 3.20. The molecule has 1 heterocycles. The summed E-state index contributed by atoms with van der Waals surface area (Å²) in [6.45, 7) is 0. The highest BCUT2D eigenvalue weighted by atomic mass is 19.1. The van der Waals surface area contributed by atoms with Gasteiger partial charge in [0.25, 0.3) is 0 Å². The largest absolute Gasteiger partial charge is 0.382 e. The summed E-state index contributed by atoms with van der Waals surface area (Å²) in [4.78, 5) is 7.48. The Balaban J connectivity index is 2.38. The van der Waals surface area contributed by atoms with E-state index in [9.17, 15) is 13.9 Å². The molecule has 1 unspecified atom stereocenters. The Morgan fingerprint density at radius 2 is 2.00 bits per heavy atom. The molecule has 82 valence electrons. The van der Waals surface area contributed by atoms with Gasteiger partial charge in [0.1, 0.15) is 24.1 Å². The van der Waals surface area contributed by atoms with Gasteiger partial charge in [-0.05, 0) is 12.1 Å². The zero-order valence-electron chi connectivity index (χ0n) is 8.14. The topological polar surface area (TPSA) is 46.0 Å². The number of hydrogen-bond donors (Lipinski definition) is 1. The molecule has 0 aliphatic rings. The number of aliphatic hydroxyl groups excluding tert-OH is 1. The van der Waals surface area contributed by atoms with Gasteiger partial charge in [0.05, 0.1) is 5.69 Å². The minimum Gasteiger partial charge on any atom is -0.382 e. The van der Waals surface area contributed by atoms with Crippen molar-refractivity contribution >= 4 is 0 Å². The molecule has 0 saturated heterocycles. The molecule has 0 amide bonds. The molecule has 2 rings (SSSR count). The fraction of sp³-hybridized carbons (Fsp3) is 0.0909. The standard InChI is InChI=1S/C11H8F2N2O/c12-7-1-2-8(9(13)5-7)11(16)10-3-4-14-6-15-10/h1-6,11,16H. The fourth-order valence-electron chi connectivity index (χ4n) is 1.35. The van der Waals surface area contributed by atoms with E-state index in [1.54, 1.807) is 0 Å². The van der Waals surface area contributed by atoms with E-state index in [0.717, 1.165) is 12.1 Å². The van der Waals surface area contributed by atoms with Crippen LogP contribution in [0.3, 0.4) is 0 Å². The lowest BCUT2D eigenvalue weighted by molar-refractivity contribution is 0.209. The van der Waals surface area contributed by atoms with Crippen LogP contribution in [0.5, 0.6) is 0 Å². The molecule has 5 heteroatoms. The van der Waals surface area contributed by atoms with Gasteiger partial charge in [-0.15, -0.1) is 0 Å². The Kier molecular flexibility index (Phi) is 2.87. The predicted octanol–water partition coefficient (Wildman–Crippen LogP) is 1.84. The highest BCUT2D eigenvalue weighted by Gasteiger charge is 2.16. The number of benzene rings is 1. The summed E-state index contributed by atoms with van der Waals surface area (Å²) in [5.41, 5.74) is 0.251. The molecule has 0 saturated carbocycles.